The van der Waals surface area contributed by atoms with Crippen LogP contribution in [0.3, 0.4) is 0 Å². The molecular formula is C12H21N5. The number of nitrogens with zero attached hydrogens (tertiary/aromatic N) is 3. The molecule has 0 saturated carbocycles. The molecule has 0 amide bonds. The molecule has 1 aromatic heterocycles. The van der Waals surface area contributed by atoms with Crippen LogP contribution in [-0.4, -0.2) is 23.1 Å². The van der Waals surface area contributed by atoms with Crippen molar-refractivity contribution in [1.82, 2.24) is 9.97 Å². The molecule has 1 aliphatic rings. The van der Waals surface area contributed by atoms with Crippen LogP contribution in [-0.2, 0) is 0 Å². The summed E-state index contributed by atoms with van der Waals surface area (Å²) in [6, 6.07) is 1.91. The lowest BCUT2D eigenvalue weighted by Crippen LogP contribution is -2.31. The number of hydrazine groups is 1. The van der Waals surface area contributed by atoms with Crippen LogP contribution in [0.5, 0.6) is 0 Å². The maximum Gasteiger partial charge on any atom is 0.227 e. The SMILES string of the molecule is CC(C)c1cc(NN)nc(N2CCCCC2)n1. The van der Waals surface area contributed by atoms with Gasteiger partial charge in [0.05, 0.1) is 5.69 Å². The Balaban J connectivity index is 2.28. The molecule has 17 heavy (non-hydrogen) atoms. The van der Waals surface area contributed by atoms with Crippen LogP contribution < -0.4 is 16.2 Å². The minimum atomic E-state index is 0.383. The van der Waals surface area contributed by atoms with E-state index in [1.807, 2.05) is 6.07 Å². The highest BCUT2D eigenvalue weighted by atomic mass is 15.3. The van der Waals surface area contributed by atoms with Gasteiger partial charge in [0.2, 0.25) is 5.95 Å². The Kier molecular flexibility index (Phi) is 3.78. The number of piperidine rings is 1. The molecule has 0 aromatic carbocycles. The zero-order chi connectivity index (χ0) is 12.3. The van der Waals surface area contributed by atoms with Crippen LogP contribution in [0, 0.1) is 0 Å². The third-order valence-electron chi connectivity index (χ3n) is 3.11. The second-order valence-electron chi connectivity index (χ2n) is 4.82. The first-order valence-electron chi connectivity index (χ1n) is 6.31. The summed E-state index contributed by atoms with van der Waals surface area (Å²) in [5.41, 5.74) is 3.66. The van der Waals surface area contributed by atoms with Crippen molar-refractivity contribution in [1.29, 1.82) is 0 Å². The van der Waals surface area contributed by atoms with Gasteiger partial charge in [0, 0.05) is 19.2 Å². The highest BCUT2D eigenvalue weighted by Gasteiger charge is 2.15. The average molecular weight is 235 g/mol. The van der Waals surface area contributed by atoms with Crippen molar-refractivity contribution in [3.05, 3.63) is 11.8 Å². The molecule has 2 rings (SSSR count). The molecule has 3 N–H and O–H groups in total. The fraction of sp³-hybridized carbons (Fsp3) is 0.667. The number of hydrogen-bond donors (Lipinski definition) is 2. The standard InChI is InChI=1S/C12H21N5/c1-9(2)10-8-11(16-13)15-12(14-10)17-6-4-3-5-7-17/h8-9H,3-7,13H2,1-2H3,(H,14,15,16). The zero-order valence-corrected chi connectivity index (χ0v) is 10.6. The van der Waals surface area contributed by atoms with E-state index >= 15 is 0 Å². The molecule has 5 nitrogen and oxygen atoms in total. The number of nitrogen functional groups attached to an aromatic ring is 1. The third kappa shape index (κ3) is 2.85. The predicted molar refractivity (Wildman–Crippen MR) is 70.0 cm³/mol. The fourth-order valence-corrected chi connectivity index (χ4v) is 2.06. The summed E-state index contributed by atoms with van der Waals surface area (Å²) < 4.78 is 0. The summed E-state index contributed by atoms with van der Waals surface area (Å²) in [5, 5.41) is 0. The summed E-state index contributed by atoms with van der Waals surface area (Å²) in [6.45, 7) is 6.35. The molecular weight excluding hydrogens is 214 g/mol. The second kappa shape index (κ2) is 5.31. The van der Waals surface area contributed by atoms with Crippen LogP contribution in [0.4, 0.5) is 11.8 Å². The van der Waals surface area contributed by atoms with Gasteiger partial charge in [-0.2, -0.15) is 4.98 Å². The van der Waals surface area contributed by atoms with E-state index < -0.39 is 0 Å². The van der Waals surface area contributed by atoms with Crippen molar-refractivity contribution < 1.29 is 0 Å². The van der Waals surface area contributed by atoms with Crippen LogP contribution in [0.1, 0.15) is 44.7 Å². The lowest BCUT2D eigenvalue weighted by molar-refractivity contribution is 0.566. The molecule has 5 heteroatoms. The number of rotatable bonds is 3. The molecule has 0 bridgehead atoms. The highest BCUT2D eigenvalue weighted by Crippen LogP contribution is 2.21. The Morgan fingerprint density at radius 3 is 2.53 bits per heavy atom. The maximum atomic E-state index is 5.46. The van der Waals surface area contributed by atoms with Crippen molar-refractivity contribution in [2.45, 2.75) is 39.0 Å². The van der Waals surface area contributed by atoms with Crippen molar-refractivity contribution in [2.75, 3.05) is 23.4 Å². The Morgan fingerprint density at radius 1 is 1.24 bits per heavy atom. The number of aromatic nitrogens is 2. The zero-order valence-electron chi connectivity index (χ0n) is 10.6. The molecule has 0 spiro atoms. The molecule has 0 radical (unpaired) electrons. The van der Waals surface area contributed by atoms with Crippen LogP contribution in [0.2, 0.25) is 0 Å². The van der Waals surface area contributed by atoms with Crippen LogP contribution >= 0.6 is 0 Å². The van der Waals surface area contributed by atoms with Gasteiger partial charge in [-0.25, -0.2) is 10.8 Å². The normalized spacial score (nSPS) is 16.4. The first-order valence-corrected chi connectivity index (χ1v) is 6.31. The third-order valence-corrected chi connectivity index (χ3v) is 3.11. The first kappa shape index (κ1) is 12.1. The largest absolute Gasteiger partial charge is 0.341 e. The minimum absolute atomic E-state index is 0.383. The predicted octanol–water partition coefficient (Wildman–Crippen LogP) is 1.88. The van der Waals surface area contributed by atoms with E-state index in [-0.39, 0.29) is 0 Å². The Labute approximate surface area is 102 Å². The smallest absolute Gasteiger partial charge is 0.227 e. The Morgan fingerprint density at radius 2 is 1.94 bits per heavy atom. The molecule has 1 aromatic rings. The first-order chi connectivity index (χ1) is 8.20. The Hall–Kier alpha value is -1.36. The molecule has 1 aliphatic heterocycles. The van der Waals surface area contributed by atoms with Gasteiger partial charge in [-0.1, -0.05) is 13.8 Å². The number of hydrogen-bond acceptors (Lipinski definition) is 5. The highest BCUT2D eigenvalue weighted by molar-refractivity contribution is 5.43. The minimum Gasteiger partial charge on any atom is -0.341 e. The molecule has 1 saturated heterocycles. The van der Waals surface area contributed by atoms with Crippen LogP contribution in [0.15, 0.2) is 6.07 Å². The summed E-state index contributed by atoms with van der Waals surface area (Å²) in [7, 11) is 0. The van der Waals surface area contributed by atoms with E-state index in [0.717, 1.165) is 24.7 Å². The van der Waals surface area contributed by atoms with Gasteiger partial charge in [-0.15, -0.1) is 0 Å². The number of nitrogens with one attached hydrogen (secondary N) is 1. The quantitative estimate of drug-likeness (QED) is 0.618. The summed E-state index contributed by atoms with van der Waals surface area (Å²) in [5.74, 6) is 7.35. The second-order valence-corrected chi connectivity index (χ2v) is 4.82. The van der Waals surface area contributed by atoms with Crippen molar-refractivity contribution >= 4 is 11.8 Å². The summed E-state index contributed by atoms with van der Waals surface area (Å²) in [6.07, 6.45) is 3.75. The topological polar surface area (TPSA) is 67.1 Å². The van der Waals surface area contributed by atoms with E-state index in [0.29, 0.717) is 11.7 Å². The van der Waals surface area contributed by atoms with Gasteiger partial charge in [0.25, 0.3) is 0 Å². The van der Waals surface area contributed by atoms with Gasteiger partial charge in [0.1, 0.15) is 5.82 Å². The van der Waals surface area contributed by atoms with Gasteiger partial charge < -0.3 is 10.3 Å². The maximum absolute atomic E-state index is 5.46. The fourth-order valence-electron chi connectivity index (χ4n) is 2.06. The van der Waals surface area contributed by atoms with Gasteiger partial charge in [-0.05, 0) is 25.2 Å². The Bertz CT molecular complexity index is 371. The molecule has 0 aliphatic carbocycles. The number of anilines is 2. The average Bonchev–Trinajstić information content (AvgIpc) is 2.39. The number of nitrogens with two attached hydrogens (primary N) is 1. The molecule has 2 heterocycles. The molecule has 0 atom stereocenters. The lowest BCUT2D eigenvalue weighted by atomic mass is 10.1. The van der Waals surface area contributed by atoms with Gasteiger partial charge >= 0.3 is 0 Å². The van der Waals surface area contributed by atoms with E-state index in [4.69, 9.17) is 5.84 Å². The lowest BCUT2D eigenvalue weighted by Gasteiger charge is -2.27. The molecule has 94 valence electrons. The van der Waals surface area contributed by atoms with E-state index in [2.05, 4.69) is 34.1 Å². The monoisotopic (exact) mass is 235 g/mol. The summed E-state index contributed by atoms with van der Waals surface area (Å²) >= 11 is 0. The van der Waals surface area contributed by atoms with Gasteiger partial charge in [-0.3, -0.25) is 0 Å². The van der Waals surface area contributed by atoms with Gasteiger partial charge in [0.15, 0.2) is 0 Å². The molecule has 1 fully saturated rings. The van der Waals surface area contributed by atoms with Crippen molar-refractivity contribution in [2.24, 2.45) is 5.84 Å². The van der Waals surface area contributed by atoms with E-state index in [1.165, 1.54) is 19.3 Å². The summed E-state index contributed by atoms with van der Waals surface area (Å²) in [4.78, 5) is 11.3. The molecule has 0 unspecified atom stereocenters. The van der Waals surface area contributed by atoms with E-state index in [1.54, 1.807) is 0 Å². The van der Waals surface area contributed by atoms with E-state index in [9.17, 15) is 0 Å². The van der Waals surface area contributed by atoms with Crippen LogP contribution in [0.25, 0.3) is 0 Å². The van der Waals surface area contributed by atoms with Crippen molar-refractivity contribution in [3.63, 3.8) is 0 Å². The van der Waals surface area contributed by atoms with Crippen molar-refractivity contribution in [3.8, 4) is 0 Å².